The van der Waals surface area contributed by atoms with Crippen molar-refractivity contribution in [1.82, 2.24) is 0 Å². The van der Waals surface area contributed by atoms with Crippen LogP contribution in [0.4, 0.5) is 0 Å². The fraction of sp³-hybridized carbons (Fsp3) is 0.968. The Labute approximate surface area is 545 Å². The van der Waals surface area contributed by atoms with Gasteiger partial charge in [0.05, 0.1) is 50.8 Å². The summed E-state index contributed by atoms with van der Waals surface area (Å²) in [4.78, 5) is 0. The van der Waals surface area contributed by atoms with Gasteiger partial charge in [-0.2, -0.15) is 0 Å². The average molecular weight is 1360 g/mol. The molecule has 0 aromatic heterocycles. The first-order valence-electron chi connectivity index (χ1n) is 33.3. The summed E-state index contributed by atoms with van der Waals surface area (Å²) < 4.78 is 72.2. The Kier molecular flexibility index (Phi) is 23.3. The minimum atomic E-state index is -1.96. The summed E-state index contributed by atoms with van der Waals surface area (Å²) in [5, 5.41) is 208. The van der Waals surface area contributed by atoms with Gasteiger partial charge in [0, 0.05) is 0 Å². The van der Waals surface area contributed by atoms with Crippen LogP contribution in [0.15, 0.2) is 11.6 Å². The molecule has 10 rings (SSSR count). The molecule has 544 valence electrons. The molecule has 4 aliphatic carbocycles. The summed E-state index contributed by atoms with van der Waals surface area (Å²) in [6, 6.07) is 0. The van der Waals surface area contributed by atoms with Crippen molar-refractivity contribution in [1.29, 1.82) is 0 Å². The van der Waals surface area contributed by atoms with Crippen molar-refractivity contribution < 1.29 is 154 Å². The van der Waals surface area contributed by atoms with Gasteiger partial charge in [0.15, 0.2) is 44.0 Å². The molecular formula is C63H106O31. The minimum absolute atomic E-state index is 0.0462. The first kappa shape index (κ1) is 75.2. The van der Waals surface area contributed by atoms with Crippen LogP contribution >= 0.6 is 0 Å². The number of ether oxygens (including phenoxy) is 12. The van der Waals surface area contributed by atoms with Gasteiger partial charge in [0.2, 0.25) is 0 Å². The van der Waals surface area contributed by atoms with E-state index in [4.69, 9.17) is 56.8 Å². The van der Waals surface area contributed by atoms with Crippen LogP contribution in [-0.4, -0.2) is 320 Å². The maximum Gasteiger partial charge on any atom is 0.192 e. The smallest absolute Gasteiger partial charge is 0.192 e. The van der Waals surface area contributed by atoms with Crippen LogP contribution in [0, 0.1) is 45.3 Å². The maximum atomic E-state index is 13.0. The van der Waals surface area contributed by atoms with Gasteiger partial charge in [-0.1, -0.05) is 46.3 Å². The Morgan fingerprint density at radius 1 is 0.468 bits per heavy atom. The fourth-order valence-electron chi connectivity index (χ4n) is 18.3. The van der Waals surface area contributed by atoms with Crippen LogP contribution in [0.5, 0.6) is 0 Å². The van der Waals surface area contributed by atoms with Crippen molar-refractivity contribution in [2.24, 2.45) is 45.3 Å². The third-order valence-electron chi connectivity index (χ3n) is 24.0. The predicted octanol–water partition coefficient (Wildman–Crippen LogP) is -5.32. The number of rotatable bonds is 19. The van der Waals surface area contributed by atoms with E-state index in [2.05, 4.69) is 40.7 Å². The Hall–Kier alpha value is -1.50. The van der Waals surface area contributed by atoms with E-state index in [1.54, 1.807) is 0 Å². The van der Waals surface area contributed by atoms with E-state index < -0.39 is 239 Å². The topological polar surface area (TPSA) is 495 Å². The molecule has 0 amide bonds. The van der Waals surface area contributed by atoms with E-state index >= 15 is 0 Å². The summed E-state index contributed by atoms with van der Waals surface area (Å²) in [5.74, 6) is -0.818. The lowest BCUT2D eigenvalue weighted by atomic mass is 9.35. The maximum absolute atomic E-state index is 13.0. The number of fused-ring (bicyclic) bond motifs is 5. The Bertz CT molecular complexity index is 2520. The second-order valence-electron chi connectivity index (χ2n) is 30.1. The van der Waals surface area contributed by atoms with Crippen LogP contribution in [0.2, 0.25) is 0 Å². The van der Waals surface area contributed by atoms with E-state index in [9.17, 15) is 97.0 Å². The third kappa shape index (κ3) is 13.6. The quantitative estimate of drug-likeness (QED) is 0.0424. The number of aliphatic hydroxyl groups excluding tert-OH is 19. The lowest BCUT2D eigenvalue weighted by molar-refractivity contribution is -0.396. The molecule has 19 N–H and O–H groups in total. The zero-order valence-electron chi connectivity index (χ0n) is 54.5. The van der Waals surface area contributed by atoms with E-state index in [1.165, 1.54) is 0 Å². The normalized spacial score (nSPS) is 53.6. The summed E-state index contributed by atoms with van der Waals surface area (Å²) in [7, 11) is 0. The van der Waals surface area contributed by atoms with Gasteiger partial charge in [-0.25, -0.2) is 0 Å². The molecule has 38 atom stereocenters. The van der Waals surface area contributed by atoms with Crippen molar-refractivity contribution in [3.05, 3.63) is 11.6 Å². The molecule has 10 aliphatic rings. The van der Waals surface area contributed by atoms with E-state index in [-0.39, 0.29) is 29.1 Å². The van der Waals surface area contributed by atoms with E-state index in [1.807, 2.05) is 20.8 Å². The highest BCUT2D eigenvalue weighted by Crippen LogP contribution is 2.76. The lowest BCUT2D eigenvalue weighted by Crippen LogP contribution is -2.68. The van der Waals surface area contributed by atoms with Crippen molar-refractivity contribution >= 4 is 0 Å². The molecule has 0 aromatic carbocycles. The van der Waals surface area contributed by atoms with Gasteiger partial charge in [-0.05, 0) is 124 Å². The van der Waals surface area contributed by atoms with Gasteiger partial charge in [-0.15, -0.1) is 0 Å². The molecule has 0 radical (unpaired) electrons. The number of hydrogen-bond donors (Lipinski definition) is 19. The number of aliphatic hydroxyl groups is 19. The summed E-state index contributed by atoms with van der Waals surface area (Å²) in [5.41, 5.74) is -2.10. The first-order valence-corrected chi connectivity index (χ1v) is 33.3. The van der Waals surface area contributed by atoms with Gasteiger partial charge >= 0.3 is 0 Å². The minimum Gasteiger partial charge on any atom is -0.394 e. The second-order valence-corrected chi connectivity index (χ2v) is 30.1. The molecule has 6 saturated heterocycles. The van der Waals surface area contributed by atoms with Crippen LogP contribution in [0.3, 0.4) is 0 Å². The molecule has 0 spiro atoms. The molecule has 31 heteroatoms. The number of allylic oxidation sites excluding steroid dienone is 2. The average Bonchev–Trinajstić information content (AvgIpc) is 1.23. The molecule has 6 heterocycles. The Balaban J connectivity index is 0.849. The van der Waals surface area contributed by atoms with Crippen LogP contribution < -0.4 is 0 Å². The highest BCUT2D eigenvalue weighted by atomic mass is 16.8. The molecule has 0 aromatic rings. The van der Waals surface area contributed by atoms with Crippen molar-refractivity contribution in [2.75, 3.05) is 33.0 Å². The highest BCUT2D eigenvalue weighted by molar-refractivity contribution is 5.21. The highest BCUT2D eigenvalue weighted by Gasteiger charge is 2.72. The van der Waals surface area contributed by atoms with Crippen molar-refractivity contribution in [3.8, 4) is 0 Å². The molecule has 94 heavy (non-hydrogen) atoms. The predicted molar refractivity (Wildman–Crippen MR) is 315 cm³/mol. The standard InChI is InChI=1S/C63H106O31/c1-24(2)10-9-14-63(8,94-56-49(82)41(74)40(73)31(88-56)23-85-54-47(80)42(75)48(81)55(93-54)92-53-46(79)37(70)28(68)22-84-53)25-11-16-62(7)35(25)26(66)18-33-60(5)15-13-34(59(3,4)32(60)12-17-61(33,62)6)89-57-50(43(76)38(71)29(19-64)86-57)91-58-51(44(77)39(72)30(20-65)87-58)90-52-45(78)36(69)27(67)21-83-52/h10,25-58,64-82H,9,11-23H2,1-8H3/t25-,26+,27+,28+,29+,30+,31+,32+,33+,34+,35-,36-,37-,38+,39+,40+,41-,42-,43-,44-,45+,46+,47-,48-,49+,50+,51+,52-,53-,54-,55-,56-,57-,58-,60-,61+,62+,63+/m0/s1. The van der Waals surface area contributed by atoms with Crippen molar-refractivity contribution in [2.45, 2.75) is 303 Å². The molecule has 0 unspecified atom stereocenters. The zero-order chi connectivity index (χ0) is 68.8. The molecule has 31 nitrogen and oxygen atoms in total. The lowest BCUT2D eigenvalue weighted by Gasteiger charge is -2.71. The van der Waals surface area contributed by atoms with Crippen LogP contribution in [0.1, 0.15) is 113 Å². The fourth-order valence-corrected chi connectivity index (χ4v) is 18.3. The third-order valence-corrected chi connectivity index (χ3v) is 24.0. The molecular weight excluding hydrogens is 1250 g/mol. The van der Waals surface area contributed by atoms with Gasteiger partial charge in [0.1, 0.15) is 128 Å². The number of hydrogen-bond acceptors (Lipinski definition) is 31. The van der Waals surface area contributed by atoms with Crippen molar-refractivity contribution in [3.63, 3.8) is 0 Å². The van der Waals surface area contributed by atoms with Gasteiger partial charge in [-0.3, -0.25) is 0 Å². The van der Waals surface area contributed by atoms with Crippen LogP contribution in [-0.2, 0) is 56.8 Å². The van der Waals surface area contributed by atoms with Gasteiger partial charge in [0.25, 0.3) is 0 Å². The second kappa shape index (κ2) is 29.1. The van der Waals surface area contributed by atoms with Crippen LogP contribution in [0.25, 0.3) is 0 Å². The summed E-state index contributed by atoms with van der Waals surface area (Å²) in [6.07, 6.45) is -42.6. The van der Waals surface area contributed by atoms with E-state index in [0.717, 1.165) is 12.0 Å². The van der Waals surface area contributed by atoms with Gasteiger partial charge < -0.3 is 154 Å². The molecule has 4 saturated carbocycles. The zero-order valence-corrected chi connectivity index (χ0v) is 54.5. The SMILES string of the molecule is CC(C)=CCC[C@@](C)(O[C@@H]1O[C@H](CO[C@H]2O[C@H](O[C@@H]3OC[C@@H](O)[C@H](O)[C@H]3O)[C@@H](O)[C@@H](O)[C@@H]2O)[C@@H](O)[C@H](O)[C@H]1O)[C@H]1CC[C@]2(C)[C@@H]1[C@H](O)C[C@@H]1[C@@]3(C)CC[C@@H](O[C@@H]4O[C@H](CO)[C@@H](O)[C@H](O)[C@H]4O[C@@H]4O[C@H](CO)[C@@H](O)[C@H](O)[C@H]4O[C@@H]4OC[C@@H](O)[C@H](O)[C@H]4O)C(C)(C)[C@H]3CC[C@]12C. The molecule has 10 fully saturated rings. The summed E-state index contributed by atoms with van der Waals surface area (Å²) in [6.45, 7) is 13.7. The largest absolute Gasteiger partial charge is 0.394 e. The first-order chi connectivity index (χ1) is 44.1. The monoisotopic (exact) mass is 1360 g/mol. The Morgan fingerprint density at radius 3 is 1.53 bits per heavy atom. The summed E-state index contributed by atoms with van der Waals surface area (Å²) >= 11 is 0. The molecule has 6 aliphatic heterocycles. The van der Waals surface area contributed by atoms with E-state index in [0.29, 0.717) is 51.4 Å². The Morgan fingerprint density at radius 2 is 0.957 bits per heavy atom. The molecule has 0 bridgehead atoms.